The maximum absolute atomic E-state index is 11.6. The third kappa shape index (κ3) is 3.34. The molecule has 98 valence electrons. The lowest BCUT2D eigenvalue weighted by atomic mass is 10.1. The predicted molar refractivity (Wildman–Crippen MR) is 69.6 cm³/mol. The van der Waals surface area contributed by atoms with Crippen molar-refractivity contribution in [2.45, 2.75) is 25.4 Å². The number of nitrogens with zero attached hydrogens (tertiary/aromatic N) is 1. The highest BCUT2D eigenvalue weighted by atomic mass is 35.5. The summed E-state index contributed by atoms with van der Waals surface area (Å²) < 4.78 is 0. The number of hydrogen-bond donors (Lipinski definition) is 3. The van der Waals surface area contributed by atoms with Crippen LogP contribution in [0.2, 0.25) is 5.15 Å². The molecule has 18 heavy (non-hydrogen) atoms. The van der Waals surface area contributed by atoms with Gasteiger partial charge in [0.05, 0.1) is 11.8 Å². The minimum absolute atomic E-state index is 0.153. The maximum Gasteiger partial charge on any atom is 0.319 e. The minimum Gasteiger partial charge on any atom is -0.393 e. The molecule has 0 spiro atoms. The Morgan fingerprint density at radius 2 is 2.39 bits per heavy atom. The molecule has 1 aliphatic rings. The van der Waals surface area contributed by atoms with Gasteiger partial charge in [-0.15, -0.1) is 0 Å². The van der Waals surface area contributed by atoms with Crippen molar-refractivity contribution in [3.05, 3.63) is 23.5 Å². The standard InChI is InChI=1S/C12H16ClN3O2/c13-11-9(4-2-6-14-11)16-12(18)15-7-8-3-1-5-10(8)17/h2,4,6,8,10,17H,1,3,5,7H2,(H2,15,16,18). The number of aromatic nitrogens is 1. The van der Waals surface area contributed by atoms with Gasteiger partial charge in [0.1, 0.15) is 0 Å². The lowest BCUT2D eigenvalue weighted by molar-refractivity contribution is 0.133. The molecule has 0 saturated heterocycles. The van der Waals surface area contributed by atoms with Gasteiger partial charge in [0.25, 0.3) is 0 Å². The van der Waals surface area contributed by atoms with Crippen LogP contribution in [0.1, 0.15) is 19.3 Å². The normalized spacial score (nSPS) is 22.8. The van der Waals surface area contributed by atoms with Gasteiger partial charge in [-0.1, -0.05) is 18.0 Å². The Hall–Kier alpha value is -1.33. The molecule has 1 heterocycles. The monoisotopic (exact) mass is 269 g/mol. The van der Waals surface area contributed by atoms with Gasteiger partial charge in [0.15, 0.2) is 5.15 Å². The van der Waals surface area contributed by atoms with E-state index in [1.165, 1.54) is 0 Å². The molecule has 0 bridgehead atoms. The fourth-order valence-electron chi connectivity index (χ4n) is 2.12. The number of rotatable bonds is 3. The number of nitrogens with one attached hydrogen (secondary N) is 2. The Morgan fingerprint density at radius 3 is 3.06 bits per heavy atom. The van der Waals surface area contributed by atoms with E-state index < -0.39 is 0 Å². The van der Waals surface area contributed by atoms with Crippen molar-refractivity contribution in [2.75, 3.05) is 11.9 Å². The number of amides is 2. The average Bonchev–Trinajstić information content (AvgIpc) is 2.75. The molecule has 0 aliphatic heterocycles. The number of pyridine rings is 1. The molecule has 6 heteroatoms. The summed E-state index contributed by atoms with van der Waals surface area (Å²) in [5.41, 5.74) is 0.476. The first-order valence-electron chi connectivity index (χ1n) is 6.00. The number of aliphatic hydroxyl groups excluding tert-OH is 1. The Labute approximate surface area is 111 Å². The van der Waals surface area contributed by atoms with E-state index in [2.05, 4.69) is 15.6 Å². The van der Waals surface area contributed by atoms with Crippen LogP contribution in [0.4, 0.5) is 10.5 Å². The largest absolute Gasteiger partial charge is 0.393 e. The molecular formula is C12H16ClN3O2. The van der Waals surface area contributed by atoms with Gasteiger partial charge in [0, 0.05) is 18.7 Å². The van der Waals surface area contributed by atoms with E-state index in [1.54, 1.807) is 18.3 Å². The molecule has 5 nitrogen and oxygen atoms in total. The molecule has 0 aromatic carbocycles. The number of aliphatic hydroxyl groups is 1. The minimum atomic E-state index is -0.330. The van der Waals surface area contributed by atoms with Crippen LogP contribution in [-0.2, 0) is 0 Å². The van der Waals surface area contributed by atoms with Gasteiger partial charge in [-0.3, -0.25) is 0 Å². The van der Waals surface area contributed by atoms with Crippen molar-refractivity contribution < 1.29 is 9.90 Å². The van der Waals surface area contributed by atoms with E-state index in [0.29, 0.717) is 12.2 Å². The molecule has 1 aromatic rings. The second-order valence-corrected chi connectivity index (χ2v) is 4.79. The summed E-state index contributed by atoms with van der Waals surface area (Å²) in [7, 11) is 0. The first kappa shape index (κ1) is 13.1. The van der Waals surface area contributed by atoms with Crippen LogP contribution in [0.5, 0.6) is 0 Å². The Kier molecular flexibility index (Phi) is 4.38. The molecule has 0 radical (unpaired) electrons. The van der Waals surface area contributed by atoms with Crippen molar-refractivity contribution in [3.63, 3.8) is 0 Å². The highest BCUT2D eigenvalue weighted by Gasteiger charge is 2.25. The highest BCUT2D eigenvalue weighted by Crippen LogP contribution is 2.24. The fraction of sp³-hybridized carbons (Fsp3) is 0.500. The SMILES string of the molecule is O=C(NCC1CCCC1O)Nc1cccnc1Cl. The molecular weight excluding hydrogens is 254 g/mol. The molecule has 2 rings (SSSR count). The zero-order chi connectivity index (χ0) is 13.0. The molecule has 3 N–H and O–H groups in total. The van der Waals surface area contributed by atoms with Crippen LogP contribution in [0.25, 0.3) is 0 Å². The number of halogens is 1. The van der Waals surface area contributed by atoms with E-state index in [9.17, 15) is 9.90 Å². The van der Waals surface area contributed by atoms with Gasteiger partial charge in [-0.05, 0) is 25.0 Å². The number of carbonyl (C=O) groups is 1. The predicted octanol–water partition coefficient (Wildman–Crippen LogP) is 2.02. The van der Waals surface area contributed by atoms with E-state index >= 15 is 0 Å². The Balaban J connectivity index is 1.80. The van der Waals surface area contributed by atoms with Crippen molar-refractivity contribution in [3.8, 4) is 0 Å². The zero-order valence-electron chi connectivity index (χ0n) is 9.90. The van der Waals surface area contributed by atoms with Gasteiger partial charge in [-0.2, -0.15) is 0 Å². The first-order chi connectivity index (χ1) is 8.66. The fourth-order valence-corrected chi connectivity index (χ4v) is 2.29. The Bertz CT molecular complexity index is 428. The summed E-state index contributed by atoms with van der Waals surface area (Å²) in [4.78, 5) is 15.5. The smallest absolute Gasteiger partial charge is 0.319 e. The van der Waals surface area contributed by atoms with Gasteiger partial charge in [0.2, 0.25) is 0 Å². The molecule has 1 saturated carbocycles. The van der Waals surface area contributed by atoms with E-state index in [1.807, 2.05) is 0 Å². The van der Waals surface area contributed by atoms with Gasteiger partial charge >= 0.3 is 6.03 Å². The third-order valence-corrected chi connectivity index (χ3v) is 3.45. The van der Waals surface area contributed by atoms with Gasteiger partial charge < -0.3 is 15.7 Å². The Morgan fingerprint density at radius 1 is 1.56 bits per heavy atom. The van der Waals surface area contributed by atoms with Crippen LogP contribution in [0, 0.1) is 5.92 Å². The maximum atomic E-state index is 11.6. The van der Waals surface area contributed by atoms with Crippen LogP contribution in [0.15, 0.2) is 18.3 Å². The van der Waals surface area contributed by atoms with Crippen LogP contribution < -0.4 is 10.6 Å². The number of anilines is 1. The summed E-state index contributed by atoms with van der Waals surface area (Å²) in [6.07, 6.45) is 4.05. The number of hydrogen-bond acceptors (Lipinski definition) is 3. The lowest BCUT2D eigenvalue weighted by Gasteiger charge is -2.15. The van der Waals surface area contributed by atoms with Crippen LogP contribution >= 0.6 is 11.6 Å². The topological polar surface area (TPSA) is 74.2 Å². The second kappa shape index (κ2) is 6.02. The van der Waals surface area contributed by atoms with Crippen molar-refractivity contribution in [1.29, 1.82) is 0 Å². The summed E-state index contributed by atoms with van der Waals surface area (Å²) in [6.45, 7) is 0.477. The molecule has 1 aliphatic carbocycles. The van der Waals surface area contributed by atoms with E-state index in [-0.39, 0.29) is 23.2 Å². The van der Waals surface area contributed by atoms with Gasteiger partial charge in [-0.25, -0.2) is 9.78 Å². The summed E-state index contributed by atoms with van der Waals surface area (Å²) in [6, 6.07) is 3.05. The van der Waals surface area contributed by atoms with E-state index in [4.69, 9.17) is 11.6 Å². The van der Waals surface area contributed by atoms with Crippen molar-refractivity contribution in [2.24, 2.45) is 5.92 Å². The first-order valence-corrected chi connectivity index (χ1v) is 6.38. The molecule has 2 unspecified atom stereocenters. The molecule has 1 aromatic heterocycles. The lowest BCUT2D eigenvalue weighted by Crippen LogP contribution is -2.35. The number of urea groups is 1. The van der Waals surface area contributed by atoms with Crippen molar-refractivity contribution >= 4 is 23.3 Å². The summed E-state index contributed by atoms with van der Waals surface area (Å²) in [5.74, 6) is 0.153. The summed E-state index contributed by atoms with van der Waals surface area (Å²) in [5, 5.41) is 15.2. The van der Waals surface area contributed by atoms with Crippen LogP contribution in [0.3, 0.4) is 0 Å². The average molecular weight is 270 g/mol. The zero-order valence-corrected chi connectivity index (χ0v) is 10.7. The summed E-state index contributed by atoms with van der Waals surface area (Å²) >= 11 is 5.83. The molecule has 2 amide bonds. The highest BCUT2D eigenvalue weighted by molar-refractivity contribution is 6.32. The number of carbonyl (C=O) groups excluding carboxylic acids is 1. The molecule has 1 fully saturated rings. The van der Waals surface area contributed by atoms with Crippen LogP contribution in [-0.4, -0.2) is 28.8 Å². The van der Waals surface area contributed by atoms with E-state index in [0.717, 1.165) is 19.3 Å². The quantitative estimate of drug-likeness (QED) is 0.735. The second-order valence-electron chi connectivity index (χ2n) is 4.44. The molecule has 2 atom stereocenters. The van der Waals surface area contributed by atoms with Crippen molar-refractivity contribution in [1.82, 2.24) is 10.3 Å². The third-order valence-electron chi connectivity index (χ3n) is 3.15.